The summed E-state index contributed by atoms with van der Waals surface area (Å²) in [6.07, 6.45) is 0. The number of nitrogens with zero attached hydrogens (tertiary/aromatic N) is 3. The van der Waals surface area contributed by atoms with Crippen LogP contribution in [0.4, 0.5) is 5.69 Å². The van der Waals surface area contributed by atoms with E-state index in [-0.39, 0.29) is 5.56 Å². The molecule has 5 nitrogen and oxygen atoms in total. The number of aromatic nitrogens is 3. The van der Waals surface area contributed by atoms with Crippen molar-refractivity contribution in [2.45, 2.75) is 17.7 Å². The first-order valence-corrected chi connectivity index (χ1v) is 7.45. The molecule has 0 fully saturated rings. The molecule has 0 saturated carbocycles. The van der Waals surface area contributed by atoms with Crippen molar-refractivity contribution in [3.63, 3.8) is 0 Å². The van der Waals surface area contributed by atoms with Crippen LogP contribution in [-0.4, -0.2) is 15.0 Å². The number of nitrogen functional groups attached to an aromatic ring is 1. The zero-order chi connectivity index (χ0) is 14.8. The minimum Gasteiger partial charge on any atom is -0.399 e. The van der Waals surface area contributed by atoms with Gasteiger partial charge in [-0.05, 0) is 42.8 Å². The molecule has 0 bridgehead atoms. The Morgan fingerprint density at radius 1 is 1.24 bits per heavy atom. The van der Waals surface area contributed by atoms with Crippen LogP contribution in [0.25, 0.3) is 10.9 Å². The molecule has 2 aromatic carbocycles. The second-order valence-corrected chi connectivity index (χ2v) is 5.70. The van der Waals surface area contributed by atoms with Crippen molar-refractivity contribution < 1.29 is 0 Å². The van der Waals surface area contributed by atoms with Crippen molar-refractivity contribution in [2.75, 3.05) is 5.73 Å². The van der Waals surface area contributed by atoms with Crippen molar-refractivity contribution in [1.82, 2.24) is 15.0 Å². The van der Waals surface area contributed by atoms with Crippen LogP contribution in [0, 0.1) is 6.92 Å². The summed E-state index contributed by atoms with van der Waals surface area (Å²) in [5.74, 6) is 0.418. The SMILES string of the molecule is Cc1cc(N)ccc1SCn1nnc2ccccc2c1=O. The van der Waals surface area contributed by atoms with Crippen molar-refractivity contribution in [1.29, 1.82) is 0 Å². The number of fused-ring (bicyclic) bond motifs is 1. The lowest BCUT2D eigenvalue weighted by atomic mass is 10.2. The minimum atomic E-state index is -0.124. The van der Waals surface area contributed by atoms with Crippen molar-refractivity contribution in [3.05, 3.63) is 58.4 Å². The second-order valence-electron chi connectivity index (χ2n) is 4.71. The average Bonchev–Trinajstić information content (AvgIpc) is 2.48. The van der Waals surface area contributed by atoms with E-state index < -0.39 is 0 Å². The fourth-order valence-corrected chi connectivity index (χ4v) is 2.95. The Morgan fingerprint density at radius 3 is 2.86 bits per heavy atom. The molecule has 0 spiro atoms. The van der Waals surface area contributed by atoms with Gasteiger partial charge in [0.2, 0.25) is 0 Å². The summed E-state index contributed by atoms with van der Waals surface area (Å²) < 4.78 is 1.38. The van der Waals surface area contributed by atoms with Gasteiger partial charge in [-0.3, -0.25) is 4.79 Å². The van der Waals surface area contributed by atoms with Gasteiger partial charge in [-0.25, -0.2) is 4.68 Å². The van der Waals surface area contributed by atoms with E-state index in [0.717, 1.165) is 16.1 Å². The fraction of sp³-hybridized carbons (Fsp3) is 0.133. The minimum absolute atomic E-state index is 0.124. The van der Waals surface area contributed by atoms with Gasteiger partial charge in [-0.1, -0.05) is 17.3 Å². The Labute approximate surface area is 125 Å². The van der Waals surface area contributed by atoms with Crippen LogP contribution < -0.4 is 11.3 Å². The van der Waals surface area contributed by atoms with Crippen LogP contribution in [0.15, 0.2) is 52.2 Å². The molecule has 2 N–H and O–H groups in total. The summed E-state index contributed by atoms with van der Waals surface area (Å²) in [5, 5.41) is 8.63. The number of aryl methyl sites for hydroxylation is 1. The molecule has 0 unspecified atom stereocenters. The van der Waals surface area contributed by atoms with E-state index in [2.05, 4.69) is 10.3 Å². The summed E-state index contributed by atoms with van der Waals surface area (Å²) in [6, 6.07) is 12.9. The quantitative estimate of drug-likeness (QED) is 0.594. The molecule has 3 aromatic rings. The highest BCUT2D eigenvalue weighted by molar-refractivity contribution is 7.98. The van der Waals surface area contributed by atoms with Gasteiger partial charge < -0.3 is 5.73 Å². The third kappa shape index (κ3) is 2.75. The Bertz CT molecular complexity index is 860. The van der Waals surface area contributed by atoms with Crippen molar-refractivity contribution >= 4 is 28.4 Å². The lowest BCUT2D eigenvalue weighted by molar-refractivity contribution is 0.645. The highest BCUT2D eigenvalue weighted by Crippen LogP contribution is 2.24. The zero-order valence-corrected chi connectivity index (χ0v) is 12.3. The first kappa shape index (κ1) is 13.6. The van der Waals surface area contributed by atoms with Gasteiger partial charge in [-0.2, -0.15) is 0 Å². The van der Waals surface area contributed by atoms with E-state index in [1.165, 1.54) is 16.4 Å². The topological polar surface area (TPSA) is 73.8 Å². The Hall–Kier alpha value is -2.34. The number of nitrogens with two attached hydrogens (primary N) is 1. The van der Waals surface area contributed by atoms with Crippen LogP contribution >= 0.6 is 11.8 Å². The Balaban J connectivity index is 1.88. The van der Waals surface area contributed by atoms with Gasteiger partial charge in [0.15, 0.2) is 0 Å². The third-order valence-corrected chi connectivity index (χ3v) is 4.31. The first-order valence-electron chi connectivity index (χ1n) is 6.46. The lowest BCUT2D eigenvalue weighted by Gasteiger charge is -2.07. The molecular formula is C15H14N4OS. The molecule has 0 aliphatic heterocycles. The van der Waals surface area contributed by atoms with Gasteiger partial charge in [-0.15, -0.1) is 16.9 Å². The van der Waals surface area contributed by atoms with Crippen LogP contribution in [0.3, 0.4) is 0 Å². The van der Waals surface area contributed by atoms with E-state index in [0.29, 0.717) is 16.8 Å². The summed E-state index contributed by atoms with van der Waals surface area (Å²) in [5.41, 5.74) is 8.05. The van der Waals surface area contributed by atoms with Gasteiger partial charge in [0.25, 0.3) is 5.56 Å². The van der Waals surface area contributed by atoms with Crippen molar-refractivity contribution in [3.8, 4) is 0 Å². The Morgan fingerprint density at radius 2 is 2.05 bits per heavy atom. The number of benzene rings is 2. The largest absolute Gasteiger partial charge is 0.399 e. The van der Waals surface area contributed by atoms with Crippen LogP contribution in [0.2, 0.25) is 0 Å². The molecule has 6 heteroatoms. The summed E-state index contributed by atoms with van der Waals surface area (Å²) in [7, 11) is 0. The molecule has 0 aliphatic rings. The van der Waals surface area contributed by atoms with E-state index in [1.807, 2.05) is 37.3 Å². The molecular weight excluding hydrogens is 284 g/mol. The highest BCUT2D eigenvalue weighted by atomic mass is 32.2. The molecule has 1 heterocycles. The van der Waals surface area contributed by atoms with E-state index in [1.54, 1.807) is 12.1 Å². The maximum Gasteiger partial charge on any atom is 0.278 e. The molecule has 1 aromatic heterocycles. The van der Waals surface area contributed by atoms with Crippen LogP contribution in [0.5, 0.6) is 0 Å². The van der Waals surface area contributed by atoms with Gasteiger partial charge in [0, 0.05) is 10.6 Å². The summed E-state index contributed by atoms with van der Waals surface area (Å²) >= 11 is 1.54. The smallest absolute Gasteiger partial charge is 0.278 e. The normalized spacial score (nSPS) is 10.9. The molecule has 0 saturated heterocycles. The predicted octanol–water partition coefficient (Wildman–Crippen LogP) is 2.43. The molecule has 0 aliphatic carbocycles. The molecule has 106 valence electrons. The molecule has 0 radical (unpaired) electrons. The number of hydrogen-bond acceptors (Lipinski definition) is 5. The number of rotatable bonds is 3. The zero-order valence-electron chi connectivity index (χ0n) is 11.5. The van der Waals surface area contributed by atoms with Crippen molar-refractivity contribution in [2.24, 2.45) is 0 Å². The predicted molar refractivity (Wildman–Crippen MR) is 85.2 cm³/mol. The number of hydrogen-bond donors (Lipinski definition) is 1. The van der Waals surface area contributed by atoms with Gasteiger partial charge in [0.1, 0.15) is 5.52 Å². The van der Waals surface area contributed by atoms with Gasteiger partial charge >= 0.3 is 0 Å². The molecule has 3 rings (SSSR count). The first-order chi connectivity index (χ1) is 10.1. The number of thioether (sulfide) groups is 1. The number of anilines is 1. The molecule has 0 amide bonds. The molecule has 21 heavy (non-hydrogen) atoms. The Kier molecular flexibility index (Phi) is 3.62. The molecule has 0 atom stereocenters. The van der Waals surface area contributed by atoms with E-state index >= 15 is 0 Å². The standard InChI is InChI=1S/C15H14N4OS/c1-10-8-11(16)6-7-14(10)21-9-19-15(20)12-4-2-3-5-13(12)17-18-19/h2-8H,9,16H2,1H3. The fourth-order valence-electron chi connectivity index (χ4n) is 2.07. The monoisotopic (exact) mass is 298 g/mol. The highest BCUT2D eigenvalue weighted by Gasteiger charge is 2.06. The summed E-state index contributed by atoms with van der Waals surface area (Å²) in [6.45, 7) is 1.99. The van der Waals surface area contributed by atoms with E-state index in [4.69, 9.17) is 5.73 Å². The van der Waals surface area contributed by atoms with Crippen LogP contribution in [0.1, 0.15) is 5.56 Å². The average molecular weight is 298 g/mol. The van der Waals surface area contributed by atoms with Gasteiger partial charge in [0.05, 0.1) is 11.3 Å². The maximum atomic E-state index is 12.3. The van der Waals surface area contributed by atoms with Crippen LogP contribution in [-0.2, 0) is 5.88 Å². The van der Waals surface area contributed by atoms with E-state index in [9.17, 15) is 4.79 Å². The third-order valence-electron chi connectivity index (χ3n) is 3.17. The summed E-state index contributed by atoms with van der Waals surface area (Å²) in [4.78, 5) is 13.4. The second kappa shape index (κ2) is 5.57. The lowest BCUT2D eigenvalue weighted by Crippen LogP contribution is -2.23. The maximum absolute atomic E-state index is 12.3.